The van der Waals surface area contributed by atoms with E-state index in [1.165, 1.54) is 0 Å². The molecule has 2 rings (SSSR count). The van der Waals surface area contributed by atoms with Gasteiger partial charge in [0.05, 0.1) is 6.61 Å². The zero-order valence-corrected chi connectivity index (χ0v) is 5.22. The zero-order valence-electron chi connectivity index (χ0n) is 4.33. The van der Waals surface area contributed by atoms with Gasteiger partial charge in [0, 0.05) is 0 Å². The van der Waals surface area contributed by atoms with Crippen LogP contribution in [-0.4, -0.2) is 23.0 Å². The first-order chi connectivity index (χ1) is 4.15. The maximum atomic E-state index is 10.8. The minimum atomic E-state index is -2.84. The number of hydrogen-bond acceptors (Lipinski definition) is 4. The van der Waals surface area contributed by atoms with Gasteiger partial charge in [0.15, 0.2) is 0 Å². The summed E-state index contributed by atoms with van der Waals surface area (Å²) in [7, 11) is -2.84. The van der Waals surface area contributed by atoms with Crippen LogP contribution in [-0.2, 0) is 13.9 Å². The Bertz CT molecular complexity index is 238. The summed E-state index contributed by atoms with van der Waals surface area (Å²) in [6.45, 7) is -0.427. The van der Waals surface area contributed by atoms with Crippen LogP contribution < -0.4 is 5.09 Å². The van der Waals surface area contributed by atoms with E-state index in [1.807, 2.05) is 0 Å². The lowest BCUT2D eigenvalue weighted by Crippen LogP contribution is -2.37. The summed E-state index contributed by atoms with van der Waals surface area (Å²) < 4.78 is 15.0. The predicted molar refractivity (Wildman–Crippen MR) is 26.7 cm³/mol. The van der Waals surface area contributed by atoms with Gasteiger partial charge < -0.3 is 9.63 Å². The number of nitrogens with one attached hydrogen (secondary N) is 1. The molecule has 2 heterocycles. The third kappa shape index (κ3) is 0.340. The van der Waals surface area contributed by atoms with Crippen molar-refractivity contribution in [3.05, 3.63) is 0 Å². The lowest BCUT2D eigenvalue weighted by atomic mass is 10.3. The Kier molecular flexibility index (Phi) is 0.646. The largest absolute Gasteiger partial charge is 0.397 e. The second-order valence-corrected chi connectivity index (χ2v) is 4.33. The third-order valence-electron chi connectivity index (χ3n) is 1.56. The fraction of sp³-hybridized carbons (Fsp3) is 0.667. The SMILES string of the molecule is O=C1OP2(=O)NC12CO. The minimum absolute atomic E-state index is 0.427. The average Bonchev–Trinajstić information content (AvgIpc) is 2.30. The molecule has 2 fully saturated rings. The van der Waals surface area contributed by atoms with Crippen LogP contribution in [0.2, 0.25) is 0 Å². The van der Waals surface area contributed by atoms with E-state index >= 15 is 0 Å². The van der Waals surface area contributed by atoms with Crippen LogP contribution in [0.3, 0.4) is 0 Å². The first-order valence-corrected chi connectivity index (χ1v) is 4.02. The predicted octanol–water partition coefficient (Wildman–Crippen LogP) is -0.972. The molecule has 6 heteroatoms. The molecular weight excluding hydrogens is 145 g/mol. The van der Waals surface area contributed by atoms with E-state index in [2.05, 4.69) is 9.61 Å². The number of carbonyl (C=O) groups is 1. The Morgan fingerprint density at radius 2 is 2.56 bits per heavy atom. The van der Waals surface area contributed by atoms with E-state index in [9.17, 15) is 9.36 Å². The Hall–Kier alpha value is -0.380. The third-order valence-corrected chi connectivity index (χ3v) is 3.88. The highest BCUT2D eigenvalue weighted by atomic mass is 31.2. The fourth-order valence-corrected chi connectivity index (χ4v) is 2.61. The van der Waals surface area contributed by atoms with Gasteiger partial charge >= 0.3 is 13.5 Å². The van der Waals surface area contributed by atoms with E-state index in [0.717, 1.165) is 0 Å². The fourth-order valence-electron chi connectivity index (χ4n) is 0.831. The van der Waals surface area contributed by atoms with Crippen molar-refractivity contribution in [1.29, 1.82) is 0 Å². The van der Waals surface area contributed by atoms with E-state index < -0.39 is 25.4 Å². The molecule has 0 spiro atoms. The molecule has 0 aromatic heterocycles. The second-order valence-electron chi connectivity index (χ2n) is 2.06. The molecule has 0 amide bonds. The van der Waals surface area contributed by atoms with Gasteiger partial charge in [0.2, 0.25) is 5.28 Å². The summed E-state index contributed by atoms with van der Waals surface area (Å²) >= 11 is 0. The molecule has 2 unspecified atom stereocenters. The molecule has 2 N–H and O–H groups in total. The average molecular weight is 149 g/mol. The summed E-state index contributed by atoms with van der Waals surface area (Å²) in [5, 5.41) is 9.64. The number of fused-ring (bicyclic) bond motifs is 1. The molecule has 2 saturated heterocycles. The van der Waals surface area contributed by atoms with Gasteiger partial charge in [0.1, 0.15) is 0 Å². The Morgan fingerprint density at radius 1 is 1.89 bits per heavy atom. The van der Waals surface area contributed by atoms with E-state index in [4.69, 9.17) is 5.11 Å². The highest BCUT2D eigenvalue weighted by molar-refractivity contribution is 7.70. The van der Waals surface area contributed by atoms with Gasteiger partial charge in [-0.3, -0.25) is 4.57 Å². The van der Waals surface area contributed by atoms with Crippen LogP contribution in [0.25, 0.3) is 0 Å². The summed E-state index contributed by atoms with van der Waals surface area (Å²) in [6.07, 6.45) is 0. The molecule has 2 aliphatic heterocycles. The first-order valence-electron chi connectivity index (χ1n) is 2.39. The molecule has 5 nitrogen and oxygen atoms in total. The minimum Gasteiger partial charge on any atom is -0.397 e. The molecule has 0 radical (unpaired) electrons. The van der Waals surface area contributed by atoms with Crippen LogP contribution in [0.4, 0.5) is 0 Å². The number of carbonyl (C=O) groups excluding carboxylic acids is 1. The highest BCUT2D eigenvalue weighted by Crippen LogP contribution is 2.78. The highest BCUT2D eigenvalue weighted by Gasteiger charge is 2.84. The van der Waals surface area contributed by atoms with Crippen molar-refractivity contribution < 1.29 is 19.0 Å². The molecule has 50 valence electrons. The van der Waals surface area contributed by atoms with Crippen LogP contribution in [0, 0.1) is 0 Å². The van der Waals surface area contributed by atoms with Crippen LogP contribution in [0.5, 0.6) is 0 Å². The van der Waals surface area contributed by atoms with Crippen molar-refractivity contribution in [3.8, 4) is 0 Å². The number of rotatable bonds is 1. The van der Waals surface area contributed by atoms with Crippen molar-refractivity contribution in [3.63, 3.8) is 0 Å². The van der Waals surface area contributed by atoms with Crippen molar-refractivity contribution in [2.24, 2.45) is 0 Å². The van der Waals surface area contributed by atoms with Gasteiger partial charge in [-0.25, -0.2) is 9.88 Å². The lowest BCUT2D eigenvalue weighted by molar-refractivity contribution is -0.140. The van der Waals surface area contributed by atoms with Gasteiger partial charge in [-0.15, -0.1) is 0 Å². The molecule has 2 aliphatic rings. The Balaban J connectivity index is 2.36. The lowest BCUT2D eigenvalue weighted by Gasteiger charge is -2.16. The molecule has 0 aliphatic carbocycles. The molecule has 0 aromatic carbocycles. The molecule has 0 bridgehead atoms. The zero-order chi connectivity index (χ0) is 6.70. The van der Waals surface area contributed by atoms with Crippen LogP contribution >= 0.6 is 7.52 Å². The molecule has 0 saturated carbocycles. The number of hydrogen-bond donors (Lipinski definition) is 2. The molecule has 9 heavy (non-hydrogen) atoms. The van der Waals surface area contributed by atoms with Gasteiger partial charge in [-0.05, 0) is 0 Å². The monoisotopic (exact) mass is 149 g/mol. The Morgan fingerprint density at radius 3 is 2.67 bits per heavy atom. The van der Waals surface area contributed by atoms with Gasteiger partial charge in [-0.1, -0.05) is 0 Å². The maximum absolute atomic E-state index is 10.8. The summed E-state index contributed by atoms with van der Waals surface area (Å²) in [4.78, 5) is 10.4. The van der Waals surface area contributed by atoms with E-state index in [0.29, 0.717) is 0 Å². The van der Waals surface area contributed by atoms with Crippen molar-refractivity contribution >= 4 is 13.5 Å². The second kappa shape index (κ2) is 1.08. The topological polar surface area (TPSA) is 85.5 Å². The smallest absolute Gasteiger partial charge is 0.354 e. The standard InChI is InChI=1S/C3H4NO4P/c5-1-3-2(6)8-9(3,7)4-3/h5H,1H2,(H,4,7). The number of aliphatic hydroxyl groups excluding tert-OH is 1. The van der Waals surface area contributed by atoms with E-state index in [-0.39, 0.29) is 0 Å². The van der Waals surface area contributed by atoms with Crippen molar-refractivity contribution in [1.82, 2.24) is 5.09 Å². The van der Waals surface area contributed by atoms with Crippen LogP contribution in [0.1, 0.15) is 0 Å². The molecular formula is C3H4NO4P. The molecule has 0 aromatic rings. The van der Waals surface area contributed by atoms with Gasteiger partial charge in [0.25, 0.3) is 0 Å². The quantitative estimate of drug-likeness (QED) is 0.370. The van der Waals surface area contributed by atoms with Crippen molar-refractivity contribution in [2.45, 2.75) is 5.28 Å². The molecule has 2 atom stereocenters. The summed E-state index contributed by atoms with van der Waals surface area (Å²) in [5.41, 5.74) is 0. The van der Waals surface area contributed by atoms with Gasteiger partial charge in [-0.2, -0.15) is 0 Å². The maximum Gasteiger partial charge on any atom is 0.354 e. The first kappa shape index (κ1) is 5.41. The summed E-state index contributed by atoms with van der Waals surface area (Å²) in [6, 6.07) is 0. The number of aliphatic hydroxyl groups is 1. The van der Waals surface area contributed by atoms with E-state index in [1.54, 1.807) is 0 Å². The Labute approximate surface area is 50.5 Å². The van der Waals surface area contributed by atoms with Crippen molar-refractivity contribution in [2.75, 3.05) is 6.61 Å². The van der Waals surface area contributed by atoms with Crippen LogP contribution in [0.15, 0.2) is 0 Å². The summed E-state index contributed by atoms with van der Waals surface area (Å²) in [5.74, 6) is -0.603. The normalized spacial score (nSPS) is 53.2.